The van der Waals surface area contributed by atoms with E-state index in [2.05, 4.69) is 27.7 Å². The first kappa shape index (κ1) is 24.1. The zero-order valence-corrected chi connectivity index (χ0v) is 21.7. The van der Waals surface area contributed by atoms with Gasteiger partial charge < -0.3 is 14.6 Å². The lowest BCUT2D eigenvalue weighted by molar-refractivity contribution is -0.160. The summed E-state index contributed by atoms with van der Waals surface area (Å²) in [6.45, 7) is 11.7. The van der Waals surface area contributed by atoms with Gasteiger partial charge in [0.2, 0.25) is 0 Å². The van der Waals surface area contributed by atoms with Crippen molar-refractivity contribution < 1.29 is 19.4 Å². The number of hydrogen-bond donors (Lipinski definition) is 1. The molecule has 0 aromatic heterocycles. The largest absolute Gasteiger partial charge is 0.463 e. The molecule has 0 aromatic carbocycles. The minimum Gasteiger partial charge on any atom is -0.463 e. The fraction of sp³-hybridized carbons (Fsp3) is 0.966. The highest BCUT2D eigenvalue weighted by atomic mass is 16.5. The van der Waals surface area contributed by atoms with E-state index in [4.69, 9.17) is 9.47 Å². The average Bonchev–Trinajstić information content (AvgIpc) is 3.25. The summed E-state index contributed by atoms with van der Waals surface area (Å²) in [6.07, 6.45) is 13.2. The molecule has 0 amide bonds. The Labute approximate surface area is 201 Å². The van der Waals surface area contributed by atoms with Crippen LogP contribution in [0, 0.1) is 52.3 Å². The Hall–Kier alpha value is -0.610. The standard InChI is InChI=1S/C29H48O4/c1-17(16-30)6-9-25-18(2)27-26(33-25)15-24-22-8-7-20-14-21(32-19(3)31)10-12-28(20,4)23(22)11-13-29(24,27)5/h17-18,20-27,30H,6-16H2,1-5H3/t17-,18-,20+,21+,22-,23+,24+,25?,26+,27+,28+,29+/m1/s1. The maximum absolute atomic E-state index is 11.5. The highest BCUT2D eigenvalue weighted by Gasteiger charge is 2.65. The van der Waals surface area contributed by atoms with Crippen LogP contribution in [0.3, 0.4) is 0 Å². The zero-order chi connectivity index (χ0) is 23.5. The Morgan fingerprint density at radius 1 is 1.09 bits per heavy atom. The van der Waals surface area contributed by atoms with E-state index < -0.39 is 0 Å². The van der Waals surface area contributed by atoms with Crippen LogP contribution in [0.5, 0.6) is 0 Å². The molecule has 4 heteroatoms. The number of aliphatic hydroxyl groups excluding tert-OH is 1. The first-order valence-corrected chi connectivity index (χ1v) is 14.1. The topological polar surface area (TPSA) is 55.8 Å². The third-order valence-electron chi connectivity index (χ3n) is 11.8. The van der Waals surface area contributed by atoms with Crippen molar-refractivity contribution in [2.75, 3.05) is 6.61 Å². The average molecular weight is 461 g/mol. The minimum absolute atomic E-state index is 0.110. The molecule has 12 atom stereocenters. The molecule has 0 aromatic rings. The first-order chi connectivity index (χ1) is 15.7. The number of rotatable bonds is 5. The number of esters is 1. The second kappa shape index (κ2) is 8.80. The second-order valence-electron chi connectivity index (χ2n) is 13.4. The predicted molar refractivity (Wildman–Crippen MR) is 129 cm³/mol. The lowest BCUT2D eigenvalue weighted by atomic mass is 9.44. The summed E-state index contributed by atoms with van der Waals surface area (Å²) >= 11 is 0. The predicted octanol–water partition coefficient (Wildman–Crippen LogP) is 6.00. The molecule has 4 aliphatic carbocycles. The van der Waals surface area contributed by atoms with Crippen LogP contribution in [0.15, 0.2) is 0 Å². The van der Waals surface area contributed by atoms with Crippen LogP contribution in [0.1, 0.15) is 98.8 Å². The van der Waals surface area contributed by atoms with Crippen molar-refractivity contribution in [3.8, 4) is 0 Å². The zero-order valence-electron chi connectivity index (χ0n) is 21.7. The maximum Gasteiger partial charge on any atom is 0.302 e. The van der Waals surface area contributed by atoms with Gasteiger partial charge in [-0.3, -0.25) is 4.79 Å². The van der Waals surface area contributed by atoms with Crippen molar-refractivity contribution in [3.63, 3.8) is 0 Å². The van der Waals surface area contributed by atoms with Crippen molar-refractivity contribution in [1.29, 1.82) is 0 Å². The van der Waals surface area contributed by atoms with Crippen LogP contribution in [0.2, 0.25) is 0 Å². The number of fused-ring (bicyclic) bond motifs is 7. The van der Waals surface area contributed by atoms with Gasteiger partial charge in [0, 0.05) is 13.5 Å². The molecule has 1 N–H and O–H groups in total. The van der Waals surface area contributed by atoms with Gasteiger partial charge in [0.15, 0.2) is 0 Å². The van der Waals surface area contributed by atoms with Crippen LogP contribution in [-0.4, -0.2) is 36.0 Å². The van der Waals surface area contributed by atoms with Gasteiger partial charge in [0.1, 0.15) is 6.10 Å². The molecule has 0 bridgehead atoms. The van der Waals surface area contributed by atoms with E-state index in [0.29, 0.717) is 40.8 Å². The van der Waals surface area contributed by atoms with Crippen LogP contribution in [-0.2, 0) is 14.3 Å². The van der Waals surface area contributed by atoms with Gasteiger partial charge in [-0.1, -0.05) is 27.7 Å². The van der Waals surface area contributed by atoms with Gasteiger partial charge in [-0.2, -0.15) is 0 Å². The van der Waals surface area contributed by atoms with Gasteiger partial charge in [-0.05, 0) is 116 Å². The van der Waals surface area contributed by atoms with E-state index in [1.54, 1.807) is 6.92 Å². The van der Waals surface area contributed by atoms with Crippen molar-refractivity contribution in [1.82, 2.24) is 0 Å². The molecule has 1 aliphatic heterocycles. The third kappa shape index (κ3) is 3.90. The molecule has 4 saturated carbocycles. The molecule has 5 aliphatic rings. The normalized spacial score (nSPS) is 51.8. The number of carbonyl (C=O) groups is 1. The van der Waals surface area contributed by atoms with Crippen molar-refractivity contribution >= 4 is 5.97 Å². The van der Waals surface area contributed by atoms with Gasteiger partial charge in [0.25, 0.3) is 0 Å². The third-order valence-corrected chi connectivity index (χ3v) is 11.8. The summed E-state index contributed by atoms with van der Waals surface area (Å²) in [6, 6.07) is 0. The quantitative estimate of drug-likeness (QED) is 0.511. The van der Waals surface area contributed by atoms with Crippen LogP contribution < -0.4 is 0 Å². The lowest BCUT2D eigenvalue weighted by Crippen LogP contribution is -2.54. The fourth-order valence-corrected chi connectivity index (χ4v) is 10.1. The summed E-state index contributed by atoms with van der Waals surface area (Å²) in [5.41, 5.74) is 0.856. The molecule has 4 nitrogen and oxygen atoms in total. The van der Waals surface area contributed by atoms with Crippen LogP contribution in [0.25, 0.3) is 0 Å². The Kier molecular flexibility index (Phi) is 6.43. The van der Waals surface area contributed by atoms with E-state index in [-0.39, 0.29) is 18.7 Å². The molecule has 5 rings (SSSR count). The summed E-state index contributed by atoms with van der Waals surface area (Å²) in [5.74, 6) is 4.84. The molecular formula is C29H48O4. The monoisotopic (exact) mass is 460 g/mol. The molecule has 0 radical (unpaired) electrons. The number of ether oxygens (including phenoxy) is 2. The highest BCUT2D eigenvalue weighted by molar-refractivity contribution is 5.66. The lowest BCUT2D eigenvalue weighted by Gasteiger charge is -2.61. The molecule has 0 spiro atoms. The van der Waals surface area contributed by atoms with Crippen molar-refractivity contribution in [2.24, 2.45) is 52.3 Å². The van der Waals surface area contributed by atoms with E-state index in [1.807, 2.05) is 0 Å². The fourth-order valence-electron chi connectivity index (χ4n) is 10.1. The van der Waals surface area contributed by atoms with E-state index in [0.717, 1.165) is 49.4 Å². The van der Waals surface area contributed by atoms with Gasteiger partial charge in [0.05, 0.1) is 12.2 Å². The molecular weight excluding hydrogens is 412 g/mol. The Morgan fingerprint density at radius 2 is 1.85 bits per heavy atom. The Bertz CT molecular complexity index is 737. The number of aliphatic hydroxyl groups is 1. The van der Waals surface area contributed by atoms with E-state index >= 15 is 0 Å². The summed E-state index contributed by atoms with van der Waals surface area (Å²) < 4.78 is 12.4. The second-order valence-corrected chi connectivity index (χ2v) is 13.4. The molecule has 1 saturated heterocycles. The smallest absolute Gasteiger partial charge is 0.302 e. The van der Waals surface area contributed by atoms with Gasteiger partial charge >= 0.3 is 5.97 Å². The molecule has 188 valence electrons. The number of hydrogen-bond acceptors (Lipinski definition) is 4. The van der Waals surface area contributed by atoms with Crippen molar-refractivity contribution in [3.05, 3.63) is 0 Å². The molecule has 5 fully saturated rings. The Balaban J connectivity index is 1.29. The summed E-state index contributed by atoms with van der Waals surface area (Å²) in [4.78, 5) is 11.5. The summed E-state index contributed by atoms with van der Waals surface area (Å²) in [7, 11) is 0. The van der Waals surface area contributed by atoms with E-state index in [1.165, 1.54) is 38.5 Å². The number of carbonyl (C=O) groups excluding carboxylic acids is 1. The van der Waals surface area contributed by atoms with Gasteiger partial charge in [-0.15, -0.1) is 0 Å². The highest BCUT2D eigenvalue weighted by Crippen LogP contribution is 2.70. The molecule has 1 heterocycles. The first-order valence-electron chi connectivity index (χ1n) is 14.1. The maximum atomic E-state index is 11.5. The minimum atomic E-state index is -0.110. The molecule has 33 heavy (non-hydrogen) atoms. The van der Waals surface area contributed by atoms with Crippen LogP contribution >= 0.6 is 0 Å². The SMILES string of the molecule is CC(=O)O[C@H]1CC[C@@]2(C)[C@@H](CC[C@@H]3[C@@H]2CC[C@]2(C)[C@@H]4[C@H](C[C@@H]32)OC(CC[C@@H](C)CO)[C@H]4C)C1. The molecule has 1 unspecified atom stereocenters. The summed E-state index contributed by atoms with van der Waals surface area (Å²) in [5, 5.41) is 9.43. The Morgan fingerprint density at radius 3 is 2.58 bits per heavy atom. The van der Waals surface area contributed by atoms with E-state index in [9.17, 15) is 9.90 Å². The van der Waals surface area contributed by atoms with Crippen LogP contribution in [0.4, 0.5) is 0 Å². The van der Waals surface area contributed by atoms with Crippen molar-refractivity contribution in [2.45, 2.75) is 117 Å². The van der Waals surface area contributed by atoms with Gasteiger partial charge in [-0.25, -0.2) is 0 Å².